The first-order valence-electron chi connectivity index (χ1n) is 7.69. The van der Waals surface area contributed by atoms with Crippen molar-refractivity contribution in [2.45, 2.75) is 32.5 Å². The number of fused-ring (bicyclic) bond motifs is 1. The lowest BCUT2D eigenvalue weighted by Gasteiger charge is -2.24. The smallest absolute Gasteiger partial charge is 0.267 e. The number of aromatic nitrogens is 2. The molecule has 0 saturated carbocycles. The van der Waals surface area contributed by atoms with Crippen molar-refractivity contribution >= 4 is 17.4 Å². The molecular weight excluding hydrogens is 308 g/mol. The number of benzene rings is 1. The zero-order chi connectivity index (χ0) is 17.5. The number of nitrogen functional groups attached to an aromatic ring is 1. The van der Waals surface area contributed by atoms with Gasteiger partial charge in [-0.25, -0.2) is 9.97 Å². The Kier molecular flexibility index (Phi) is 3.88. The van der Waals surface area contributed by atoms with E-state index in [1.54, 1.807) is 43.0 Å². The molecule has 3 N–H and O–H groups in total. The summed E-state index contributed by atoms with van der Waals surface area (Å²) in [5.74, 6) is -0.00344. The lowest BCUT2D eigenvalue weighted by molar-refractivity contribution is 0.0786. The van der Waals surface area contributed by atoms with Gasteiger partial charge in [-0.3, -0.25) is 4.79 Å². The molecule has 1 aromatic carbocycles. The van der Waals surface area contributed by atoms with Crippen LogP contribution in [0, 0.1) is 0 Å². The number of amides is 1. The highest BCUT2D eigenvalue weighted by molar-refractivity contribution is 6.10. The lowest BCUT2D eigenvalue weighted by Crippen LogP contribution is -2.36. The maximum Gasteiger partial charge on any atom is 0.267 e. The third kappa shape index (κ3) is 2.90. The molecule has 0 radical (unpaired) electrons. The topological polar surface area (TPSA) is 102 Å². The van der Waals surface area contributed by atoms with Crippen molar-refractivity contribution < 1.29 is 14.6 Å². The maximum absolute atomic E-state index is 12.9. The minimum Gasteiger partial charge on any atom is -0.472 e. The van der Waals surface area contributed by atoms with E-state index in [4.69, 9.17) is 10.5 Å². The molecular formula is C17H20N4O3. The maximum atomic E-state index is 12.9. The van der Waals surface area contributed by atoms with E-state index in [9.17, 15) is 9.90 Å². The molecule has 0 bridgehead atoms. The van der Waals surface area contributed by atoms with Crippen LogP contribution in [0.2, 0.25) is 0 Å². The average molecular weight is 328 g/mol. The van der Waals surface area contributed by atoms with Crippen LogP contribution in [0.1, 0.15) is 36.7 Å². The van der Waals surface area contributed by atoms with E-state index < -0.39 is 5.60 Å². The first-order valence-corrected chi connectivity index (χ1v) is 7.69. The van der Waals surface area contributed by atoms with Crippen LogP contribution >= 0.6 is 0 Å². The summed E-state index contributed by atoms with van der Waals surface area (Å²) in [4.78, 5) is 22.4. The molecule has 2 heterocycles. The van der Waals surface area contributed by atoms with E-state index in [0.717, 1.165) is 5.56 Å². The summed E-state index contributed by atoms with van der Waals surface area (Å²) in [6, 6.07) is 7.18. The summed E-state index contributed by atoms with van der Waals surface area (Å²) in [5, 5.41) is 10.1. The minimum absolute atomic E-state index is 0.0946. The highest BCUT2D eigenvalue weighted by atomic mass is 16.5. The Balaban J connectivity index is 2.02. The molecule has 1 aliphatic rings. The third-order valence-corrected chi connectivity index (χ3v) is 3.94. The van der Waals surface area contributed by atoms with Crippen LogP contribution in [0.3, 0.4) is 0 Å². The van der Waals surface area contributed by atoms with E-state index in [0.29, 0.717) is 12.2 Å². The Bertz CT molecular complexity index is 768. The van der Waals surface area contributed by atoms with E-state index in [1.807, 2.05) is 6.92 Å². The Labute approximate surface area is 140 Å². The predicted molar refractivity (Wildman–Crippen MR) is 89.9 cm³/mol. The first kappa shape index (κ1) is 16.2. The summed E-state index contributed by atoms with van der Waals surface area (Å²) < 4.78 is 5.70. The van der Waals surface area contributed by atoms with Gasteiger partial charge in [0.2, 0.25) is 5.88 Å². The average Bonchev–Trinajstić information content (AvgIpc) is 2.64. The summed E-state index contributed by atoms with van der Waals surface area (Å²) in [7, 11) is 0. The molecule has 7 nitrogen and oxygen atoms in total. The standard InChI is InChI=1S/C17H20N4O3/c1-10-8-21(12-6-4-11(5-7-12)17(2,3)23)16(22)13-14(18)19-9-20-15(13)24-10/h4-7,9-10,23H,8H2,1-3H3,(H2,18,19,20)/t10-/m1/s1. The largest absolute Gasteiger partial charge is 0.472 e. The van der Waals surface area contributed by atoms with Crippen LogP contribution < -0.4 is 15.4 Å². The minimum atomic E-state index is -0.942. The van der Waals surface area contributed by atoms with Gasteiger partial charge in [0.25, 0.3) is 5.91 Å². The van der Waals surface area contributed by atoms with Crippen molar-refractivity contribution in [3.63, 3.8) is 0 Å². The highest BCUT2D eigenvalue weighted by Crippen LogP contribution is 2.30. The monoisotopic (exact) mass is 328 g/mol. The van der Waals surface area contributed by atoms with Crippen LogP contribution in [0.25, 0.3) is 0 Å². The van der Waals surface area contributed by atoms with Gasteiger partial charge in [-0.1, -0.05) is 12.1 Å². The molecule has 7 heteroatoms. The zero-order valence-corrected chi connectivity index (χ0v) is 13.9. The molecule has 2 aromatic rings. The van der Waals surface area contributed by atoms with Gasteiger partial charge in [-0.05, 0) is 38.5 Å². The van der Waals surface area contributed by atoms with Crippen LogP contribution in [0.5, 0.6) is 5.88 Å². The highest BCUT2D eigenvalue weighted by Gasteiger charge is 2.31. The van der Waals surface area contributed by atoms with E-state index in [1.165, 1.54) is 6.33 Å². The fourth-order valence-electron chi connectivity index (χ4n) is 2.65. The normalized spacial score (nSPS) is 17.9. The number of hydrogen-bond acceptors (Lipinski definition) is 6. The van der Waals surface area contributed by atoms with Crippen molar-refractivity contribution in [3.8, 4) is 5.88 Å². The zero-order valence-electron chi connectivity index (χ0n) is 13.9. The second kappa shape index (κ2) is 5.76. The first-order chi connectivity index (χ1) is 11.3. The Morgan fingerprint density at radius 3 is 2.58 bits per heavy atom. The molecule has 1 amide bonds. The SMILES string of the molecule is C[C@@H]1CN(c2ccc(C(C)(C)O)cc2)C(=O)c2c(N)ncnc2O1. The number of nitrogens with zero attached hydrogens (tertiary/aromatic N) is 3. The number of carbonyl (C=O) groups is 1. The van der Waals surface area contributed by atoms with Gasteiger partial charge >= 0.3 is 0 Å². The molecule has 24 heavy (non-hydrogen) atoms. The van der Waals surface area contributed by atoms with Crippen LogP contribution in [-0.4, -0.2) is 33.6 Å². The summed E-state index contributed by atoms with van der Waals surface area (Å²) >= 11 is 0. The fraction of sp³-hybridized carbons (Fsp3) is 0.353. The number of ether oxygens (including phenoxy) is 1. The van der Waals surface area contributed by atoms with E-state index >= 15 is 0 Å². The van der Waals surface area contributed by atoms with Crippen molar-refractivity contribution in [3.05, 3.63) is 41.7 Å². The predicted octanol–water partition coefficient (Wildman–Crippen LogP) is 1.71. The second-order valence-corrected chi connectivity index (χ2v) is 6.39. The van der Waals surface area contributed by atoms with Gasteiger partial charge in [0.05, 0.1) is 12.1 Å². The number of aliphatic hydroxyl groups is 1. The summed E-state index contributed by atoms with van der Waals surface area (Å²) in [6.45, 7) is 5.64. The number of rotatable bonds is 2. The van der Waals surface area contributed by atoms with Crippen molar-refractivity contribution in [1.29, 1.82) is 0 Å². The molecule has 1 aliphatic heterocycles. The van der Waals surface area contributed by atoms with Crippen molar-refractivity contribution in [2.24, 2.45) is 0 Å². The number of hydrogen-bond donors (Lipinski definition) is 2. The Morgan fingerprint density at radius 2 is 1.96 bits per heavy atom. The third-order valence-electron chi connectivity index (χ3n) is 3.94. The summed E-state index contributed by atoms with van der Waals surface area (Å²) in [6.07, 6.45) is 1.03. The molecule has 0 fully saturated rings. The van der Waals surface area contributed by atoms with E-state index in [-0.39, 0.29) is 29.3 Å². The van der Waals surface area contributed by atoms with Crippen molar-refractivity contribution in [1.82, 2.24) is 9.97 Å². The number of anilines is 2. The molecule has 0 spiro atoms. The second-order valence-electron chi connectivity index (χ2n) is 6.39. The van der Waals surface area contributed by atoms with Gasteiger partial charge in [-0.2, -0.15) is 0 Å². The molecule has 3 rings (SSSR count). The molecule has 0 unspecified atom stereocenters. The lowest BCUT2D eigenvalue weighted by atomic mass is 9.98. The van der Waals surface area contributed by atoms with Crippen molar-refractivity contribution in [2.75, 3.05) is 17.2 Å². The van der Waals surface area contributed by atoms with Gasteiger partial charge in [0, 0.05) is 5.69 Å². The molecule has 1 aromatic heterocycles. The molecule has 126 valence electrons. The van der Waals surface area contributed by atoms with Crippen LogP contribution in [-0.2, 0) is 5.60 Å². The molecule has 0 aliphatic carbocycles. The van der Waals surface area contributed by atoms with E-state index in [2.05, 4.69) is 9.97 Å². The van der Waals surface area contributed by atoms with Crippen LogP contribution in [0.15, 0.2) is 30.6 Å². The fourth-order valence-corrected chi connectivity index (χ4v) is 2.65. The number of nitrogens with two attached hydrogens (primary N) is 1. The quantitative estimate of drug-likeness (QED) is 0.870. The summed E-state index contributed by atoms with van der Waals surface area (Å²) in [5.41, 5.74) is 6.55. The molecule has 0 saturated heterocycles. The Hall–Kier alpha value is -2.67. The van der Waals surface area contributed by atoms with Gasteiger partial charge in [0.15, 0.2) is 0 Å². The van der Waals surface area contributed by atoms with Crippen LogP contribution in [0.4, 0.5) is 11.5 Å². The Morgan fingerprint density at radius 1 is 1.29 bits per heavy atom. The number of carbonyl (C=O) groups excluding carboxylic acids is 1. The van der Waals surface area contributed by atoms with Gasteiger partial charge < -0.3 is 20.5 Å². The van der Waals surface area contributed by atoms with Gasteiger partial charge in [-0.15, -0.1) is 0 Å². The molecule has 1 atom stereocenters. The van der Waals surface area contributed by atoms with Gasteiger partial charge in [0.1, 0.15) is 23.8 Å².